The Kier molecular flexibility index (Phi) is 6.86. The van der Waals surface area contributed by atoms with Crippen LogP contribution < -0.4 is 0 Å². The van der Waals surface area contributed by atoms with Crippen molar-refractivity contribution >= 4 is 17.1 Å². The van der Waals surface area contributed by atoms with Crippen molar-refractivity contribution < 1.29 is 19.4 Å². The van der Waals surface area contributed by atoms with Crippen LogP contribution >= 0.6 is 0 Å². The first kappa shape index (κ1) is 24.4. The Hall–Kier alpha value is -3.76. The lowest BCUT2D eigenvalue weighted by Crippen LogP contribution is -2.31. The molecular weight excluding hydrogens is 436 g/mol. The van der Waals surface area contributed by atoms with Crippen LogP contribution in [0.15, 0.2) is 96.3 Å². The first-order valence-electron chi connectivity index (χ1n) is 11.8. The van der Waals surface area contributed by atoms with E-state index in [4.69, 9.17) is 4.74 Å². The van der Waals surface area contributed by atoms with Gasteiger partial charge in [-0.15, -0.1) is 0 Å². The lowest BCUT2D eigenvalue weighted by atomic mass is 9.82. The van der Waals surface area contributed by atoms with Gasteiger partial charge in [-0.1, -0.05) is 85.8 Å². The summed E-state index contributed by atoms with van der Waals surface area (Å²) in [5.74, 6) is 0.465. The highest BCUT2D eigenvalue weighted by Gasteiger charge is 2.28. The highest BCUT2D eigenvalue weighted by atomic mass is 16.5. The third-order valence-electron chi connectivity index (χ3n) is 6.40. The standard InChI is InChI=1S/C31H30O4/c1-20-18-28(35-4)27(23-12-16-25(17-13-23)30(33)31(2,3)34)19-26(20)29(32)24-14-10-22(11-15-24)21-8-6-5-7-9-21/h5-17,19-20,34H,18H2,1-4H3. The van der Waals surface area contributed by atoms with E-state index in [0.717, 1.165) is 33.6 Å². The van der Waals surface area contributed by atoms with Crippen molar-refractivity contribution in [3.05, 3.63) is 113 Å². The normalized spacial score (nSPS) is 16.0. The smallest absolute Gasteiger partial charge is 0.193 e. The molecule has 1 unspecified atom stereocenters. The summed E-state index contributed by atoms with van der Waals surface area (Å²) in [4.78, 5) is 25.9. The van der Waals surface area contributed by atoms with Crippen molar-refractivity contribution in [3.8, 4) is 11.1 Å². The summed E-state index contributed by atoms with van der Waals surface area (Å²) in [7, 11) is 1.64. The molecule has 3 aromatic rings. The highest BCUT2D eigenvalue weighted by molar-refractivity contribution is 6.11. The van der Waals surface area contributed by atoms with Gasteiger partial charge in [0.1, 0.15) is 11.4 Å². The molecule has 4 rings (SSSR count). The molecule has 3 aromatic carbocycles. The average molecular weight is 467 g/mol. The minimum absolute atomic E-state index is 0.00130. The van der Waals surface area contributed by atoms with Crippen molar-refractivity contribution in [2.24, 2.45) is 5.92 Å². The fourth-order valence-corrected chi connectivity index (χ4v) is 4.37. The second kappa shape index (κ2) is 9.85. The zero-order valence-corrected chi connectivity index (χ0v) is 20.5. The molecule has 0 heterocycles. The molecule has 35 heavy (non-hydrogen) atoms. The quantitative estimate of drug-likeness (QED) is 0.403. The van der Waals surface area contributed by atoms with Crippen molar-refractivity contribution in [3.63, 3.8) is 0 Å². The van der Waals surface area contributed by atoms with Gasteiger partial charge in [0.15, 0.2) is 11.6 Å². The number of ether oxygens (including phenoxy) is 1. The number of benzene rings is 3. The molecule has 0 saturated heterocycles. The second-order valence-electron chi connectivity index (χ2n) is 9.48. The third kappa shape index (κ3) is 5.18. The molecule has 0 aromatic heterocycles. The molecule has 4 heteroatoms. The van der Waals surface area contributed by atoms with Crippen LogP contribution in [0, 0.1) is 5.92 Å². The van der Waals surface area contributed by atoms with E-state index in [0.29, 0.717) is 17.5 Å². The van der Waals surface area contributed by atoms with Crippen LogP contribution in [0.2, 0.25) is 0 Å². The van der Waals surface area contributed by atoms with E-state index in [1.54, 1.807) is 19.2 Å². The lowest BCUT2D eigenvalue weighted by Gasteiger charge is -2.25. The number of Topliss-reactive ketones (excluding diaryl/α,β-unsaturated/α-hetero) is 2. The Bertz CT molecular complexity index is 1290. The summed E-state index contributed by atoms with van der Waals surface area (Å²) < 4.78 is 5.68. The van der Waals surface area contributed by atoms with Crippen LogP contribution in [0.4, 0.5) is 0 Å². The molecule has 0 spiro atoms. The number of aliphatic hydroxyl groups is 1. The minimum Gasteiger partial charge on any atom is -0.500 e. The second-order valence-corrected chi connectivity index (χ2v) is 9.48. The Morgan fingerprint density at radius 2 is 1.37 bits per heavy atom. The van der Waals surface area contributed by atoms with Gasteiger partial charge in [-0.05, 0) is 42.5 Å². The number of rotatable bonds is 7. The van der Waals surface area contributed by atoms with Crippen LogP contribution in [0.5, 0.6) is 0 Å². The van der Waals surface area contributed by atoms with Crippen molar-refractivity contribution in [2.75, 3.05) is 7.11 Å². The summed E-state index contributed by atoms with van der Waals surface area (Å²) in [6.07, 6.45) is 2.52. The van der Waals surface area contributed by atoms with Gasteiger partial charge in [-0.3, -0.25) is 9.59 Å². The Balaban J connectivity index is 1.64. The third-order valence-corrected chi connectivity index (χ3v) is 6.40. The number of allylic oxidation sites excluding steroid dienone is 4. The highest BCUT2D eigenvalue weighted by Crippen LogP contribution is 2.36. The summed E-state index contributed by atoms with van der Waals surface area (Å²) in [5, 5.41) is 10.0. The average Bonchev–Trinajstić information content (AvgIpc) is 2.88. The molecule has 1 atom stereocenters. The predicted molar refractivity (Wildman–Crippen MR) is 139 cm³/mol. The number of methoxy groups -OCH3 is 1. The minimum atomic E-state index is -1.44. The lowest BCUT2D eigenvalue weighted by molar-refractivity contribution is 0.0488. The molecule has 0 radical (unpaired) electrons. The van der Waals surface area contributed by atoms with Crippen LogP contribution in [-0.4, -0.2) is 29.4 Å². The zero-order valence-electron chi connectivity index (χ0n) is 20.5. The topological polar surface area (TPSA) is 63.6 Å². The number of carbonyl (C=O) groups excluding carboxylic acids is 2. The summed E-state index contributed by atoms with van der Waals surface area (Å²) in [5.41, 5.74) is 4.23. The molecule has 0 bridgehead atoms. The van der Waals surface area contributed by atoms with Gasteiger partial charge in [0, 0.05) is 28.7 Å². The van der Waals surface area contributed by atoms with E-state index in [1.807, 2.05) is 79.7 Å². The maximum absolute atomic E-state index is 13.5. The predicted octanol–water partition coefficient (Wildman–Crippen LogP) is 6.51. The summed E-state index contributed by atoms with van der Waals surface area (Å²) in [6.45, 7) is 4.98. The zero-order chi connectivity index (χ0) is 25.2. The van der Waals surface area contributed by atoms with E-state index in [2.05, 4.69) is 0 Å². The maximum Gasteiger partial charge on any atom is 0.193 e. The van der Waals surface area contributed by atoms with E-state index in [9.17, 15) is 14.7 Å². The fraction of sp³-hybridized carbons (Fsp3) is 0.226. The first-order valence-corrected chi connectivity index (χ1v) is 11.8. The van der Waals surface area contributed by atoms with Gasteiger partial charge < -0.3 is 9.84 Å². The van der Waals surface area contributed by atoms with Crippen molar-refractivity contribution in [2.45, 2.75) is 32.8 Å². The molecule has 0 amide bonds. The van der Waals surface area contributed by atoms with Gasteiger partial charge in [-0.2, -0.15) is 0 Å². The largest absolute Gasteiger partial charge is 0.500 e. The molecule has 1 aliphatic rings. The van der Waals surface area contributed by atoms with Crippen LogP contribution in [0.1, 0.15) is 53.5 Å². The first-order chi connectivity index (χ1) is 16.7. The number of hydrogen-bond acceptors (Lipinski definition) is 4. The van der Waals surface area contributed by atoms with Crippen LogP contribution in [-0.2, 0) is 4.74 Å². The molecule has 4 nitrogen and oxygen atoms in total. The number of ketones is 2. The van der Waals surface area contributed by atoms with E-state index >= 15 is 0 Å². The Labute approximate surface area is 206 Å². The number of carbonyl (C=O) groups is 2. The van der Waals surface area contributed by atoms with Crippen molar-refractivity contribution in [1.29, 1.82) is 0 Å². The number of hydrogen-bond donors (Lipinski definition) is 1. The molecule has 0 saturated carbocycles. The molecule has 178 valence electrons. The van der Waals surface area contributed by atoms with E-state index < -0.39 is 5.60 Å². The molecule has 0 aliphatic heterocycles. The van der Waals surface area contributed by atoms with Crippen LogP contribution in [0.3, 0.4) is 0 Å². The maximum atomic E-state index is 13.5. The van der Waals surface area contributed by atoms with Gasteiger partial charge >= 0.3 is 0 Å². The summed E-state index contributed by atoms with van der Waals surface area (Å²) >= 11 is 0. The molecular formula is C31H30O4. The molecule has 0 fully saturated rings. The van der Waals surface area contributed by atoms with E-state index in [-0.39, 0.29) is 17.5 Å². The molecule has 1 N–H and O–H groups in total. The van der Waals surface area contributed by atoms with Crippen LogP contribution in [0.25, 0.3) is 16.7 Å². The van der Waals surface area contributed by atoms with E-state index in [1.165, 1.54) is 13.8 Å². The van der Waals surface area contributed by atoms with Gasteiger partial charge in [0.2, 0.25) is 0 Å². The summed E-state index contributed by atoms with van der Waals surface area (Å²) in [6, 6.07) is 24.8. The SMILES string of the molecule is COC1=C(c2ccc(C(=O)C(C)(C)O)cc2)C=C(C(=O)c2ccc(-c3ccccc3)cc2)C(C)C1. The molecule has 1 aliphatic carbocycles. The fourth-order valence-electron chi connectivity index (χ4n) is 4.37. The Morgan fingerprint density at radius 3 is 1.94 bits per heavy atom. The monoisotopic (exact) mass is 466 g/mol. The van der Waals surface area contributed by atoms with Gasteiger partial charge in [-0.25, -0.2) is 0 Å². The van der Waals surface area contributed by atoms with Gasteiger partial charge in [0.25, 0.3) is 0 Å². The Morgan fingerprint density at radius 1 is 0.829 bits per heavy atom. The van der Waals surface area contributed by atoms with Gasteiger partial charge in [0.05, 0.1) is 7.11 Å². The van der Waals surface area contributed by atoms with Crippen molar-refractivity contribution in [1.82, 2.24) is 0 Å².